The average Bonchev–Trinajstić information content (AvgIpc) is 2.81. The first-order chi connectivity index (χ1) is 8.74. The van der Waals surface area contributed by atoms with Crippen LogP contribution in [-0.2, 0) is 13.6 Å². The zero-order valence-electron chi connectivity index (χ0n) is 10.7. The predicted octanol–water partition coefficient (Wildman–Crippen LogP) is 1.44. The van der Waals surface area contributed by atoms with E-state index in [1.807, 2.05) is 25.2 Å². The van der Waals surface area contributed by atoms with Crippen LogP contribution < -0.4 is 14.8 Å². The molecule has 2 rings (SSSR count). The van der Waals surface area contributed by atoms with E-state index in [0.29, 0.717) is 6.54 Å². The highest BCUT2D eigenvalue weighted by Crippen LogP contribution is 2.25. The monoisotopic (exact) mass is 248 g/mol. The van der Waals surface area contributed by atoms with E-state index in [2.05, 4.69) is 15.6 Å². The van der Waals surface area contributed by atoms with Crippen molar-refractivity contribution in [3.05, 3.63) is 30.0 Å². The predicted molar refractivity (Wildman–Crippen MR) is 67.9 cm³/mol. The number of methoxy groups -OCH3 is 2. The summed E-state index contributed by atoms with van der Waals surface area (Å²) < 4.78 is 12.2. The minimum atomic E-state index is 0.633. The van der Waals surface area contributed by atoms with Gasteiger partial charge in [-0.25, -0.2) is 4.68 Å². The van der Waals surface area contributed by atoms with Crippen LogP contribution in [0.4, 0.5) is 5.82 Å². The average molecular weight is 248 g/mol. The van der Waals surface area contributed by atoms with Crippen LogP contribution in [0.3, 0.4) is 0 Å². The molecule has 0 aliphatic rings. The van der Waals surface area contributed by atoms with Crippen molar-refractivity contribution in [1.82, 2.24) is 15.0 Å². The number of nitrogens with one attached hydrogen (secondary N) is 1. The molecule has 0 bridgehead atoms. The topological polar surface area (TPSA) is 61.2 Å². The van der Waals surface area contributed by atoms with Crippen LogP contribution in [0.5, 0.6) is 11.5 Å². The lowest BCUT2D eigenvalue weighted by Gasteiger charge is -2.11. The summed E-state index contributed by atoms with van der Waals surface area (Å²) in [5.41, 5.74) is 1.04. The molecule has 6 heteroatoms. The van der Waals surface area contributed by atoms with Gasteiger partial charge in [-0.3, -0.25) is 0 Å². The third kappa shape index (κ3) is 2.53. The standard InChI is InChI=1S/C12H16N4O2/c1-16-12(8-14-15-16)13-7-9-4-5-10(17-2)6-11(9)18-3/h4-6,8,13H,7H2,1-3H3. The summed E-state index contributed by atoms with van der Waals surface area (Å²) in [4.78, 5) is 0. The molecule has 0 amide bonds. The summed E-state index contributed by atoms with van der Waals surface area (Å²) in [6, 6.07) is 5.73. The molecular weight excluding hydrogens is 232 g/mol. The van der Waals surface area contributed by atoms with Gasteiger partial charge < -0.3 is 14.8 Å². The van der Waals surface area contributed by atoms with Gasteiger partial charge >= 0.3 is 0 Å². The van der Waals surface area contributed by atoms with E-state index >= 15 is 0 Å². The zero-order valence-corrected chi connectivity index (χ0v) is 10.7. The molecule has 6 nitrogen and oxygen atoms in total. The Bertz CT molecular complexity index is 525. The van der Waals surface area contributed by atoms with Crippen LogP contribution in [0.2, 0.25) is 0 Å². The Morgan fingerprint density at radius 1 is 1.28 bits per heavy atom. The number of rotatable bonds is 5. The summed E-state index contributed by atoms with van der Waals surface area (Å²) in [6.07, 6.45) is 1.68. The molecule has 0 unspecified atom stereocenters. The minimum absolute atomic E-state index is 0.633. The van der Waals surface area contributed by atoms with E-state index in [-0.39, 0.29) is 0 Å². The van der Waals surface area contributed by atoms with Crippen molar-refractivity contribution in [2.45, 2.75) is 6.54 Å². The maximum atomic E-state index is 5.33. The second-order valence-electron chi connectivity index (χ2n) is 3.77. The Balaban J connectivity index is 2.11. The molecule has 1 N–H and O–H groups in total. The maximum Gasteiger partial charge on any atom is 0.144 e. The molecule has 1 heterocycles. The normalized spacial score (nSPS) is 10.2. The van der Waals surface area contributed by atoms with Gasteiger partial charge in [-0.15, -0.1) is 5.10 Å². The quantitative estimate of drug-likeness (QED) is 0.867. The molecule has 0 saturated carbocycles. The number of aromatic nitrogens is 3. The lowest BCUT2D eigenvalue weighted by molar-refractivity contribution is 0.391. The van der Waals surface area contributed by atoms with Gasteiger partial charge in [-0.2, -0.15) is 0 Å². The van der Waals surface area contributed by atoms with Gasteiger partial charge in [0.25, 0.3) is 0 Å². The Morgan fingerprint density at radius 3 is 2.72 bits per heavy atom. The third-order valence-electron chi connectivity index (χ3n) is 2.67. The molecule has 0 fully saturated rings. The summed E-state index contributed by atoms with van der Waals surface area (Å²) in [6.45, 7) is 0.633. The largest absolute Gasteiger partial charge is 0.497 e. The Labute approximate surface area is 106 Å². The van der Waals surface area contributed by atoms with Crippen molar-refractivity contribution in [3.63, 3.8) is 0 Å². The highest BCUT2D eigenvalue weighted by Gasteiger charge is 2.06. The van der Waals surface area contributed by atoms with Crippen LogP contribution in [0.1, 0.15) is 5.56 Å². The van der Waals surface area contributed by atoms with E-state index in [1.165, 1.54) is 0 Å². The molecule has 18 heavy (non-hydrogen) atoms. The van der Waals surface area contributed by atoms with Gasteiger partial charge in [0.1, 0.15) is 17.3 Å². The van der Waals surface area contributed by atoms with Crippen LogP contribution in [-0.4, -0.2) is 29.2 Å². The van der Waals surface area contributed by atoms with Gasteiger partial charge in [0.15, 0.2) is 0 Å². The molecule has 0 aliphatic carbocycles. The number of hydrogen-bond acceptors (Lipinski definition) is 5. The molecular formula is C12H16N4O2. The summed E-state index contributed by atoms with van der Waals surface area (Å²) in [5.74, 6) is 2.42. The number of ether oxygens (including phenoxy) is 2. The number of nitrogens with zero attached hydrogens (tertiary/aromatic N) is 3. The fraction of sp³-hybridized carbons (Fsp3) is 0.333. The zero-order chi connectivity index (χ0) is 13.0. The third-order valence-corrected chi connectivity index (χ3v) is 2.67. The van der Waals surface area contributed by atoms with Crippen LogP contribution >= 0.6 is 0 Å². The molecule has 0 spiro atoms. The SMILES string of the molecule is COc1ccc(CNc2cnnn2C)c(OC)c1. The van der Waals surface area contributed by atoms with E-state index < -0.39 is 0 Å². The lowest BCUT2D eigenvalue weighted by Crippen LogP contribution is -2.05. The first kappa shape index (κ1) is 12.2. The van der Waals surface area contributed by atoms with Gasteiger partial charge in [-0.05, 0) is 12.1 Å². The molecule has 0 radical (unpaired) electrons. The van der Waals surface area contributed by atoms with Crippen molar-refractivity contribution in [1.29, 1.82) is 0 Å². The lowest BCUT2D eigenvalue weighted by atomic mass is 10.2. The highest BCUT2D eigenvalue weighted by molar-refractivity contribution is 5.43. The van der Waals surface area contributed by atoms with E-state index in [4.69, 9.17) is 9.47 Å². The first-order valence-electron chi connectivity index (χ1n) is 5.54. The summed E-state index contributed by atoms with van der Waals surface area (Å²) in [5, 5.41) is 10.9. The van der Waals surface area contributed by atoms with Gasteiger partial charge in [-0.1, -0.05) is 5.21 Å². The minimum Gasteiger partial charge on any atom is -0.497 e. The van der Waals surface area contributed by atoms with Crippen LogP contribution in [0.15, 0.2) is 24.4 Å². The fourth-order valence-corrected chi connectivity index (χ4v) is 1.63. The molecule has 2 aromatic rings. The van der Waals surface area contributed by atoms with Crippen molar-refractivity contribution in [2.75, 3.05) is 19.5 Å². The Morgan fingerprint density at radius 2 is 2.11 bits per heavy atom. The van der Waals surface area contributed by atoms with Gasteiger partial charge in [0, 0.05) is 25.2 Å². The Hall–Kier alpha value is -2.24. The molecule has 0 saturated heterocycles. The molecule has 1 aromatic heterocycles. The van der Waals surface area contributed by atoms with E-state index in [1.54, 1.807) is 25.1 Å². The summed E-state index contributed by atoms with van der Waals surface area (Å²) in [7, 11) is 5.11. The second kappa shape index (κ2) is 5.39. The smallest absolute Gasteiger partial charge is 0.144 e. The number of benzene rings is 1. The van der Waals surface area contributed by atoms with Crippen molar-refractivity contribution in [3.8, 4) is 11.5 Å². The van der Waals surface area contributed by atoms with Crippen molar-refractivity contribution < 1.29 is 9.47 Å². The number of aryl methyl sites for hydroxylation is 1. The van der Waals surface area contributed by atoms with Gasteiger partial charge in [0.05, 0.1) is 20.4 Å². The van der Waals surface area contributed by atoms with Crippen molar-refractivity contribution in [2.24, 2.45) is 7.05 Å². The summed E-state index contributed by atoms with van der Waals surface area (Å²) >= 11 is 0. The maximum absolute atomic E-state index is 5.33. The van der Waals surface area contributed by atoms with Crippen molar-refractivity contribution >= 4 is 5.82 Å². The fourth-order valence-electron chi connectivity index (χ4n) is 1.63. The molecule has 0 atom stereocenters. The molecule has 1 aromatic carbocycles. The molecule has 96 valence electrons. The van der Waals surface area contributed by atoms with E-state index in [0.717, 1.165) is 22.9 Å². The van der Waals surface area contributed by atoms with E-state index in [9.17, 15) is 0 Å². The van der Waals surface area contributed by atoms with Crippen LogP contribution in [0.25, 0.3) is 0 Å². The highest BCUT2D eigenvalue weighted by atomic mass is 16.5. The second-order valence-corrected chi connectivity index (χ2v) is 3.77. The first-order valence-corrected chi connectivity index (χ1v) is 5.54. The number of hydrogen-bond donors (Lipinski definition) is 1. The van der Waals surface area contributed by atoms with Crippen LogP contribution in [0, 0.1) is 0 Å². The number of anilines is 1. The molecule has 0 aliphatic heterocycles. The van der Waals surface area contributed by atoms with Gasteiger partial charge in [0.2, 0.25) is 0 Å². The Kier molecular flexibility index (Phi) is 3.66.